The number of aliphatic carboxylic acids is 1. The summed E-state index contributed by atoms with van der Waals surface area (Å²) in [5.74, 6) is -3.51. The summed E-state index contributed by atoms with van der Waals surface area (Å²) in [6, 6.07) is 4.92. The van der Waals surface area contributed by atoms with E-state index in [1.165, 1.54) is 6.92 Å². The minimum Gasteiger partial charge on any atom is -0.479 e. The van der Waals surface area contributed by atoms with E-state index >= 15 is 0 Å². The molecule has 5 N–H and O–H groups in total. The molecule has 43 heavy (non-hydrogen) atoms. The molecule has 5 unspecified atom stereocenters. The van der Waals surface area contributed by atoms with Gasteiger partial charge in [-0.1, -0.05) is 12.1 Å². The summed E-state index contributed by atoms with van der Waals surface area (Å²) < 4.78 is 16.0. The molecule has 0 bridgehead atoms. The Labute approximate surface area is 247 Å². The molecular formula is C28H37N3O12. The van der Waals surface area contributed by atoms with Crippen LogP contribution in [0.2, 0.25) is 0 Å². The van der Waals surface area contributed by atoms with E-state index in [4.69, 9.17) is 14.2 Å². The molecular weight excluding hydrogens is 570 g/mol. The molecule has 0 aromatic heterocycles. The van der Waals surface area contributed by atoms with Gasteiger partial charge in [-0.3, -0.25) is 24.1 Å². The molecule has 0 spiro atoms. The van der Waals surface area contributed by atoms with Gasteiger partial charge in [-0.25, -0.2) is 4.79 Å². The molecule has 1 aromatic rings. The van der Waals surface area contributed by atoms with Gasteiger partial charge >= 0.3 is 11.9 Å². The van der Waals surface area contributed by atoms with Crippen LogP contribution in [0.4, 0.5) is 0 Å². The van der Waals surface area contributed by atoms with E-state index in [2.05, 4.69) is 5.32 Å². The Morgan fingerprint density at radius 2 is 1.70 bits per heavy atom. The quantitative estimate of drug-likeness (QED) is 0.0857. The molecule has 2 heterocycles. The van der Waals surface area contributed by atoms with Crippen LogP contribution in [-0.4, -0.2) is 124 Å². The predicted octanol–water partition coefficient (Wildman–Crippen LogP) is -1.68. The van der Waals surface area contributed by atoms with Gasteiger partial charge in [0.1, 0.15) is 37.2 Å². The van der Waals surface area contributed by atoms with E-state index in [-0.39, 0.29) is 24.8 Å². The monoisotopic (exact) mass is 607 g/mol. The topological polar surface area (TPSA) is 212 Å². The van der Waals surface area contributed by atoms with Gasteiger partial charge in [0.2, 0.25) is 12.2 Å². The van der Waals surface area contributed by atoms with Crippen molar-refractivity contribution in [1.29, 1.82) is 0 Å². The van der Waals surface area contributed by atoms with E-state index in [1.807, 2.05) is 0 Å². The summed E-state index contributed by atoms with van der Waals surface area (Å²) in [5, 5.41) is 42.8. The Bertz CT molecular complexity index is 1200. The molecule has 2 aliphatic heterocycles. The number of carbonyl (C=O) groups is 5. The second-order valence-electron chi connectivity index (χ2n) is 10.1. The molecule has 0 saturated carbocycles. The lowest BCUT2D eigenvalue weighted by Gasteiger charge is -2.38. The number of carboxylic acid groups (broad SMARTS) is 1. The first-order valence-corrected chi connectivity index (χ1v) is 13.7. The first-order chi connectivity index (χ1) is 20.4. The average Bonchev–Trinajstić information content (AvgIpc) is 3.28. The number of esters is 1. The Kier molecular flexibility index (Phi) is 12.1. The van der Waals surface area contributed by atoms with Gasteiger partial charge in [-0.15, -0.1) is 0 Å². The molecule has 1 fully saturated rings. The molecule has 1 aromatic carbocycles. The molecule has 2 aliphatic rings. The van der Waals surface area contributed by atoms with Gasteiger partial charge in [0.25, 0.3) is 11.8 Å². The largest absolute Gasteiger partial charge is 0.479 e. The average molecular weight is 608 g/mol. The molecule has 1 saturated heterocycles. The standard InChI is InChI=1S/C28H37N3O12/c1-16(32)41-15-18-7-6-17(13-19(18)42-28-25(38)23(36)24(37)26(43-28)27(39)40)5-3-11-30(12-4-10-29-2)22(35)14-31-20(33)8-9-21(31)34/h6-9,13,23-26,28-29,36-38H,3-5,10-12,14-15H2,1-2H3,(H,39,40). The highest BCUT2D eigenvalue weighted by Gasteiger charge is 2.48. The van der Waals surface area contributed by atoms with Gasteiger partial charge in [0.05, 0.1) is 0 Å². The smallest absolute Gasteiger partial charge is 0.335 e. The number of rotatable bonds is 15. The number of benzene rings is 1. The van der Waals surface area contributed by atoms with Crippen molar-refractivity contribution in [1.82, 2.24) is 15.1 Å². The zero-order valence-electron chi connectivity index (χ0n) is 23.9. The first kappa shape index (κ1) is 33.6. The summed E-state index contributed by atoms with van der Waals surface area (Å²) >= 11 is 0. The van der Waals surface area contributed by atoms with Crippen molar-refractivity contribution >= 4 is 29.7 Å². The van der Waals surface area contributed by atoms with Crippen LogP contribution in [0, 0.1) is 0 Å². The van der Waals surface area contributed by atoms with E-state index in [9.17, 15) is 44.4 Å². The summed E-state index contributed by atoms with van der Waals surface area (Å²) in [4.78, 5) is 62.1. The van der Waals surface area contributed by atoms with Crippen LogP contribution in [0.1, 0.15) is 30.9 Å². The SMILES string of the molecule is CNCCCN(CCCc1ccc(COC(C)=O)c(OC2OC(C(=O)O)C(O)C(O)C2O)c1)C(=O)CN1C(=O)C=CC1=O. The Morgan fingerprint density at radius 1 is 1.02 bits per heavy atom. The molecule has 15 heteroatoms. The fourth-order valence-electron chi connectivity index (χ4n) is 4.54. The van der Waals surface area contributed by atoms with Crippen LogP contribution in [0.5, 0.6) is 5.75 Å². The maximum Gasteiger partial charge on any atom is 0.335 e. The van der Waals surface area contributed by atoms with Crippen LogP contribution >= 0.6 is 0 Å². The third kappa shape index (κ3) is 9.05. The number of aliphatic hydroxyl groups is 3. The van der Waals surface area contributed by atoms with Crippen LogP contribution in [0.3, 0.4) is 0 Å². The Hall–Kier alpha value is -3.89. The van der Waals surface area contributed by atoms with Crippen LogP contribution in [0.15, 0.2) is 30.4 Å². The number of carbonyl (C=O) groups excluding carboxylic acids is 4. The Balaban J connectivity index is 1.72. The minimum atomic E-state index is -1.89. The second kappa shape index (κ2) is 15.5. The van der Waals surface area contributed by atoms with Crippen molar-refractivity contribution in [3.63, 3.8) is 0 Å². The highest BCUT2D eigenvalue weighted by atomic mass is 16.7. The number of hydrogen-bond acceptors (Lipinski definition) is 12. The molecule has 15 nitrogen and oxygen atoms in total. The number of aryl methyl sites for hydroxylation is 1. The van der Waals surface area contributed by atoms with Crippen LogP contribution in [-0.2, 0) is 46.5 Å². The van der Waals surface area contributed by atoms with Crippen molar-refractivity contribution < 1.29 is 58.6 Å². The molecule has 3 amide bonds. The van der Waals surface area contributed by atoms with Gasteiger partial charge in [0.15, 0.2) is 6.10 Å². The van der Waals surface area contributed by atoms with E-state index in [0.29, 0.717) is 50.0 Å². The zero-order valence-corrected chi connectivity index (χ0v) is 23.9. The van der Waals surface area contributed by atoms with Crippen molar-refractivity contribution in [3.05, 3.63) is 41.5 Å². The number of hydrogen-bond donors (Lipinski definition) is 5. The third-order valence-corrected chi connectivity index (χ3v) is 6.91. The second-order valence-corrected chi connectivity index (χ2v) is 10.1. The minimum absolute atomic E-state index is 0.0797. The zero-order chi connectivity index (χ0) is 31.7. The van der Waals surface area contributed by atoms with Gasteiger partial charge in [0, 0.05) is 37.7 Å². The van der Waals surface area contributed by atoms with Crippen LogP contribution < -0.4 is 10.1 Å². The van der Waals surface area contributed by atoms with E-state index in [1.54, 1.807) is 30.1 Å². The van der Waals surface area contributed by atoms with Gasteiger partial charge < -0.3 is 44.9 Å². The maximum atomic E-state index is 13.0. The lowest BCUT2D eigenvalue weighted by atomic mass is 9.99. The summed E-state index contributed by atoms with van der Waals surface area (Å²) in [7, 11) is 1.78. The summed E-state index contributed by atoms with van der Waals surface area (Å²) in [5.41, 5.74) is 1.07. The van der Waals surface area contributed by atoms with Crippen molar-refractivity contribution in [2.24, 2.45) is 0 Å². The first-order valence-electron chi connectivity index (χ1n) is 13.7. The van der Waals surface area contributed by atoms with Gasteiger partial charge in [-0.05, 0) is 44.5 Å². The third-order valence-electron chi connectivity index (χ3n) is 6.91. The number of nitrogens with one attached hydrogen (secondary N) is 1. The molecule has 5 atom stereocenters. The normalized spacial score (nSPS) is 23.4. The van der Waals surface area contributed by atoms with E-state index in [0.717, 1.165) is 17.1 Å². The fourth-order valence-corrected chi connectivity index (χ4v) is 4.54. The van der Waals surface area contributed by atoms with Crippen LogP contribution in [0.25, 0.3) is 0 Å². The number of amides is 3. The van der Waals surface area contributed by atoms with Crippen molar-refractivity contribution in [3.8, 4) is 5.75 Å². The highest BCUT2D eigenvalue weighted by Crippen LogP contribution is 2.29. The highest BCUT2D eigenvalue weighted by molar-refractivity contribution is 6.14. The number of nitrogens with zero attached hydrogens (tertiary/aromatic N) is 2. The lowest BCUT2D eigenvalue weighted by molar-refractivity contribution is -0.271. The van der Waals surface area contributed by atoms with E-state index < -0.39 is 54.5 Å². The lowest BCUT2D eigenvalue weighted by Crippen LogP contribution is -2.61. The molecule has 236 valence electrons. The van der Waals surface area contributed by atoms with Crippen molar-refractivity contribution in [2.75, 3.05) is 33.2 Å². The summed E-state index contributed by atoms with van der Waals surface area (Å²) in [6.07, 6.45) is -5.30. The number of ether oxygens (including phenoxy) is 3. The molecule has 3 rings (SSSR count). The molecule has 0 radical (unpaired) electrons. The fraction of sp³-hybridized carbons (Fsp3) is 0.536. The van der Waals surface area contributed by atoms with Gasteiger partial charge in [-0.2, -0.15) is 0 Å². The molecule has 0 aliphatic carbocycles. The van der Waals surface area contributed by atoms with Crippen molar-refractivity contribution in [2.45, 2.75) is 63.5 Å². The number of carboxylic acids is 1. The Morgan fingerprint density at radius 3 is 2.33 bits per heavy atom. The summed E-state index contributed by atoms with van der Waals surface area (Å²) in [6.45, 7) is 2.00. The predicted molar refractivity (Wildman–Crippen MR) is 146 cm³/mol. The maximum absolute atomic E-state index is 13.0. The number of imide groups is 1. The number of aliphatic hydroxyl groups excluding tert-OH is 3.